The van der Waals surface area contributed by atoms with Gasteiger partial charge in [-0.15, -0.1) is 0 Å². The minimum atomic E-state index is -0.939. The van der Waals surface area contributed by atoms with Crippen molar-refractivity contribution in [1.82, 2.24) is 5.32 Å². The summed E-state index contributed by atoms with van der Waals surface area (Å²) in [6.45, 7) is 1.71. The highest BCUT2D eigenvalue weighted by Gasteiger charge is 2.14. The van der Waals surface area contributed by atoms with Crippen LogP contribution in [0.15, 0.2) is 18.2 Å². The number of hydrogen-bond donors (Lipinski definition) is 3. The van der Waals surface area contributed by atoms with E-state index in [1.807, 2.05) is 0 Å². The minimum Gasteiger partial charge on any atom is -0.481 e. The summed E-state index contributed by atoms with van der Waals surface area (Å²) in [7, 11) is 0. The average Bonchev–Trinajstić information content (AvgIpc) is 2.40. The van der Waals surface area contributed by atoms with E-state index < -0.39 is 22.8 Å². The molecule has 0 aromatic heterocycles. The van der Waals surface area contributed by atoms with Crippen molar-refractivity contribution in [3.63, 3.8) is 0 Å². The average molecular weight is 316 g/mol. The van der Waals surface area contributed by atoms with Crippen LogP contribution in [-0.2, 0) is 4.79 Å². The number of carboxylic acid groups (broad SMARTS) is 1. The van der Waals surface area contributed by atoms with Gasteiger partial charge in [0.1, 0.15) is 5.02 Å². The molecule has 0 aliphatic heterocycles. The van der Waals surface area contributed by atoms with E-state index in [4.69, 9.17) is 16.7 Å². The smallest absolute Gasteiger partial charge is 0.319 e. The topological polar surface area (TPSA) is 122 Å². The molecule has 0 aliphatic carbocycles. The highest BCUT2D eigenvalue weighted by atomic mass is 35.5. The van der Waals surface area contributed by atoms with Crippen molar-refractivity contribution in [2.24, 2.45) is 5.92 Å². The quantitative estimate of drug-likeness (QED) is 0.550. The minimum absolute atomic E-state index is 0.0266. The molecule has 1 unspecified atom stereocenters. The molecular formula is C12H14ClN3O5. The number of nitrogens with zero attached hydrogens (tertiary/aromatic N) is 1. The number of benzene rings is 1. The van der Waals surface area contributed by atoms with Crippen molar-refractivity contribution >= 4 is 35.0 Å². The Morgan fingerprint density at radius 1 is 1.48 bits per heavy atom. The van der Waals surface area contributed by atoms with Crippen LogP contribution in [-0.4, -0.2) is 28.6 Å². The standard InChI is InChI=1S/C12H14ClN3O5/c1-7(11(17)18)4-5-14-12(19)15-8-2-3-9(13)10(6-8)16(20)21/h2-3,6-7H,4-5H2,1H3,(H,17,18)(H2,14,15,19). The van der Waals surface area contributed by atoms with E-state index in [1.54, 1.807) is 0 Å². The van der Waals surface area contributed by atoms with E-state index in [0.717, 1.165) is 6.07 Å². The van der Waals surface area contributed by atoms with Gasteiger partial charge in [0, 0.05) is 18.3 Å². The lowest BCUT2D eigenvalue weighted by Crippen LogP contribution is -2.31. The molecule has 8 nitrogen and oxygen atoms in total. The molecular weight excluding hydrogens is 302 g/mol. The third kappa shape index (κ3) is 5.27. The molecule has 21 heavy (non-hydrogen) atoms. The highest BCUT2D eigenvalue weighted by molar-refractivity contribution is 6.32. The summed E-state index contributed by atoms with van der Waals surface area (Å²) in [5, 5.41) is 24.2. The van der Waals surface area contributed by atoms with Gasteiger partial charge in [0.2, 0.25) is 0 Å². The maximum absolute atomic E-state index is 11.6. The Morgan fingerprint density at radius 3 is 2.71 bits per heavy atom. The Hall–Kier alpha value is -2.35. The number of carbonyl (C=O) groups is 2. The number of halogens is 1. The van der Waals surface area contributed by atoms with Gasteiger partial charge in [-0.3, -0.25) is 14.9 Å². The number of carbonyl (C=O) groups excluding carboxylic acids is 1. The van der Waals surface area contributed by atoms with Crippen molar-refractivity contribution in [3.05, 3.63) is 33.3 Å². The molecule has 0 bridgehead atoms. The molecule has 0 spiro atoms. The summed E-state index contributed by atoms with van der Waals surface area (Å²) < 4.78 is 0. The van der Waals surface area contributed by atoms with Gasteiger partial charge in [0.15, 0.2) is 0 Å². The van der Waals surface area contributed by atoms with Crippen molar-refractivity contribution < 1.29 is 19.6 Å². The number of nitro benzene ring substituents is 1. The molecule has 0 saturated heterocycles. The van der Waals surface area contributed by atoms with E-state index in [2.05, 4.69) is 10.6 Å². The summed E-state index contributed by atoms with van der Waals surface area (Å²) in [6, 6.07) is 3.29. The largest absolute Gasteiger partial charge is 0.481 e. The van der Waals surface area contributed by atoms with Crippen LogP contribution in [0.5, 0.6) is 0 Å². The lowest BCUT2D eigenvalue weighted by atomic mass is 10.1. The van der Waals surface area contributed by atoms with Crippen molar-refractivity contribution in [2.75, 3.05) is 11.9 Å². The number of nitro groups is 1. The number of carboxylic acids is 1. The maximum Gasteiger partial charge on any atom is 0.319 e. The first kappa shape index (κ1) is 16.7. The van der Waals surface area contributed by atoms with Gasteiger partial charge in [-0.25, -0.2) is 4.79 Å². The summed E-state index contributed by atoms with van der Waals surface area (Å²) >= 11 is 5.65. The van der Waals surface area contributed by atoms with Crippen LogP contribution in [0.4, 0.5) is 16.2 Å². The first-order valence-corrected chi connectivity index (χ1v) is 6.40. The van der Waals surface area contributed by atoms with E-state index in [1.165, 1.54) is 19.1 Å². The van der Waals surface area contributed by atoms with Gasteiger partial charge in [0.05, 0.1) is 10.8 Å². The molecule has 0 fully saturated rings. The van der Waals surface area contributed by atoms with Crippen molar-refractivity contribution in [1.29, 1.82) is 0 Å². The van der Waals surface area contributed by atoms with Gasteiger partial charge in [0.25, 0.3) is 5.69 Å². The number of urea groups is 1. The van der Waals surface area contributed by atoms with E-state index in [-0.39, 0.29) is 29.4 Å². The molecule has 0 aliphatic rings. The Morgan fingerprint density at radius 2 is 2.14 bits per heavy atom. The van der Waals surface area contributed by atoms with Gasteiger partial charge >= 0.3 is 12.0 Å². The van der Waals surface area contributed by atoms with E-state index in [9.17, 15) is 19.7 Å². The third-order valence-corrected chi connectivity index (χ3v) is 3.00. The van der Waals surface area contributed by atoms with E-state index >= 15 is 0 Å². The number of rotatable bonds is 6. The molecule has 2 amide bonds. The second kappa shape index (κ2) is 7.44. The Labute approximate surface area is 125 Å². The summed E-state index contributed by atoms with van der Waals surface area (Å²) in [5.74, 6) is -1.51. The maximum atomic E-state index is 11.6. The monoisotopic (exact) mass is 315 g/mol. The third-order valence-electron chi connectivity index (χ3n) is 2.69. The Bertz CT molecular complexity index is 564. The molecule has 0 heterocycles. The van der Waals surface area contributed by atoms with E-state index in [0.29, 0.717) is 0 Å². The van der Waals surface area contributed by atoms with Gasteiger partial charge in [-0.2, -0.15) is 0 Å². The van der Waals surface area contributed by atoms with Gasteiger partial charge < -0.3 is 15.7 Å². The number of hydrogen-bond acceptors (Lipinski definition) is 4. The first-order chi connectivity index (χ1) is 9.81. The Balaban J connectivity index is 2.54. The number of aliphatic carboxylic acids is 1. The Kier molecular flexibility index (Phi) is 5.92. The van der Waals surface area contributed by atoms with Gasteiger partial charge in [-0.1, -0.05) is 18.5 Å². The normalized spacial score (nSPS) is 11.5. The molecule has 0 saturated carbocycles. The molecule has 1 aromatic rings. The predicted octanol–water partition coefficient (Wildman–Crippen LogP) is 2.48. The van der Waals surface area contributed by atoms with Crippen LogP contribution < -0.4 is 10.6 Å². The predicted molar refractivity (Wildman–Crippen MR) is 76.5 cm³/mol. The number of amides is 2. The fraction of sp³-hybridized carbons (Fsp3) is 0.333. The zero-order chi connectivity index (χ0) is 16.0. The van der Waals surface area contributed by atoms with Crippen LogP contribution in [0.1, 0.15) is 13.3 Å². The fourth-order valence-corrected chi connectivity index (χ4v) is 1.62. The van der Waals surface area contributed by atoms with Crippen LogP contribution in [0.2, 0.25) is 5.02 Å². The number of anilines is 1. The first-order valence-electron chi connectivity index (χ1n) is 6.03. The van der Waals surface area contributed by atoms with Crippen molar-refractivity contribution in [2.45, 2.75) is 13.3 Å². The summed E-state index contributed by atoms with van der Waals surface area (Å²) in [6.07, 6.45) is 0.281. The van der Waals surface area contributed by atoms with Crippen LogP contribution >= 0.6 is 11.6 Å². The molecule has 114 valence electrons. The van der Waals surface area contributed by atoms with Crippen LogP contribution in [0.3, 0.4) is 0 Å². The zero-order valence-electron chi connectivity index (χ0n) is 11.1. The van der Waals surface area contributed by atoms with Crippen LogP contribution in [0, 0.1) is 16.0 Å². The second-order valence-corrected chi connectivity index (χ2v) is 4.74. The lowest BCUT2D eigenvalue weighted by molar-refractivity contribution is -0.384. The molecule has 0 radical (unpaired) electrons. The van der Waals surface area contributed by atoms with Crippen molar-refractivity contribution in [3.8, 4) is 0 Å². The second-order valence-electron chi connectivity index (χ2n) is 4.33. The number of nitrogens with one attached hydrogen (secondary N) is 2. The lowest BCUT2D eigenvalue weighted by Gasteiger charge is -2.09. The SMILES string of the molecule is CC(CCNC(=O)Nc1ccc(Cl)c([N+](=O)[O-])c1)C(=O)O. The molecule has 9 heteroatoms. The van der Waals surface area contributed by atoms with Gasteiger partial charge in [-0.05, 0) is 18.6 Å². The molecule has 3 N–H and O–H groups in total. The summed E-state index contributed by atoms with van der Waals surface area (Å²) in [5.41, 5.74) is -0.0937. The summed E-state index contributed by atoms with van der Waals surface area (Å²) in [4.78, 5) is 32.2. The zero-order valence-corrected chi connectivity index (χ0v) is 11.9. The highest BCUT2D eigenvalue weighted by Crippen LogP contribution is 2.27. The molecule has 1 rings (SSSR count). The van der Waals surface area contributed by atoms with Crippen LogP contribution in [0.25, 0.3) is 0 Å². The molecule has 1 atom stereocenters. The fourth-order valence-electron chi connectivity index (χ4n) is 1.43. The molecule has 1 aromatic carbocycles.